The molecule has 204 valence electrons. The van der Waals surface area contributed by atoms with Crippen LogP contribution in [0.1, 0.15) is 61.8 Å². The molecule has 13 heteroatoms. The average molecular weight is 517 g/mol. The minimum absolute atomic E-state index is 0.362. The third-order valence-electron chi connectivity index (χ3n) is 6.13. The monoisotopic (exact) mass is 516 g/mol. The predicted octanol–water partition coefficient (Wildman–Crippen LogP) is 0.366. The Bertz CT molecular complexity index is 887. The van der Waals surface area contributed by atoms with Gasteiger partial charge >= 0.3 is 23.9 Å². The smallest absolute Gasteiger partial charge is 0.303 e. The topological polar surface area (TPSA) is 170 Å². The van der Waals surface area contributed by atoms with Crippen molar-refractivity contribution in [3.63, 3.8) is 0 Å². The van der Waals surface area contributed by atoms with Gasteiger partial charge in [0, 0.05) is 33.2 Å². The van der Waals surface area contributed by atoms with Crippen LogP contribution in [0, 0.1) is 5.92 Å². The molecule has 2 rings (SSSR count). The molecule has 2 aliphatic heterocycles. The minimum atomic E-state index is -1.41. The summed E-state index contributed by atoms with van der Waals surface area (Å²) in [5, 5.41) is 1.54. The first kappa shape index (κ1) is 29.5. The van der Waals surface area contributed by atoms with Gasteiger partial charge in [-0.15, -0.1) is 0 Å². The lowest BCUT2D eigenvalue weighted by Crippen LogP contribution is -2.65. The summed E-state index contributed by atoms with van der Waals surface area (Å²) in [7, 11) is 0. The normalized spacial score (nSPS) is 31.2. The SMILES string of the molecule is CC(=O)OC[C@H]1O[C@@H](ON2C(C)(C)CC(C(N)=O)C2(C)C)[C@H](OC(C)=O)[C@@H](OC(C)=O)[C@H]1OC(C)=O. The first-order chi connectivity index (χ1) is 16.5. The Morgan fingerprint density at radius 1 is 0.833 bits per heavy atom. The highest BCUT2D eigenvalue weighted by atomic mass is 16.8. The Labute approximate surface area is 209 Å². The number of rotatable bonds is 8. The van der Waals surface area contributed by atoms with Gasteiger partial charge in [-0.2, -0.15) is 5.06 Å². The van der Waals surface area contributed by atoms with Gasteiger partial charge in [0.2, 0.25) is 12.2 Å². The van der Waals surface area contributed by atoms with E-state index in [4.69, 9.17) is 34.3 Å². The van der Waals surface area contributed by atoms with Crippen molar-refractivity contribution >= 4 is 29.8 Å². The Morgan fingerprint density at radius 3 is 1.78 bits per heavy atom. The van der Waals surface area contributed by atoms with Gasteiger partial charge in [-0.3, -0.25) is 28.8 Å². The zero-order chi connectivity index (χ0) is 27.6. The molecule has 1 unspecified atom stereocenters. The summed E-state index contributed by atoms with van der Waals surface area (Å²) in [5.74, 6) is -3.96. The third-order valence-corrected chi connectivity index (χ3v) is 6.13. The van der Waals surface area contributed by atoms with Gasteiger partial charge in [0.25, 0.3) is 0 Å². The number of carbonyl (C=O) groups is 5. The van der Waals surface area contributed by atoms with E-state index < -0.39 is 77.5 Å². The van der Waals surface area contributed by atoms with Crippen LogP contribution in [-0.4, -0.2) is 83.2 Å². The molecule has 2 aliphatic rings. The number of nitrogens with zero attached hydrogens (tertiary/aromatic N) is 1. The molecule has 0 bridgehead atoms. The molecule has 1 amide bonds. The van der Waals surface area contributed by atoms with Crippen molar-refractivity contribution in [1.29, 1.82) is 0 Å². The molecule has 0 aromatic rings. The zero-order valence-corrected chi connectivity index (χ0v) is 21.9. The number of primary amides is 1. The maximum atomic E-state index is 12.2. The summed E-state index contributed by atoms with van der Waals surface area (Å²) in [4.78, 5) is 65.8. The van der Waals surface area contributed by atoms with Crippen molar-refractivity contribution in [2.75, 3.05) is 6.61 Å². The molecule has 0 saturated carbocycles. The van der Waals surface area contributed by atoms with Gasteiger partial charge < -0.3 is 29.4 Å². The molecule has 2 saturated heterocycles. The van der Waals surface area contributed by atoms with Crippen molar-refractivity contribution in [2.45, 2.75) is 104 Å². The van der Waals surface area contributed by atoms with Crippen LogP contribution in [0.4, 0.5) is 0 Å². The largest absolute Gasteiger partial charge is 0.463 e. The lowest BCUT2D eigenvalue weighted by Gasteiger charge is -2.48. The van der Waals surface area contributed by atoms with E-state index >= 15 is 0 Å². The molecule has 0 aliphatic carbocycles. The fourth-order valence-electron chi connectivity index (χ4n) is 4.86. The second-order valence-electron chi connectivity index (χ2n) is 10.1. The molecule has 2 heterocycles. The van der Waals surface area contributed by atoms with E-state index in [1.165, 1.54) is 12.0 Å². The van der Waals surface area contributed by atoms with Crippen molar-refractivity contribution in [3.05, 3.63) is 0 Å². The quantitative estimate of drug-likeness (QED) is 0.348. The molecule has 36 heavy (non-hydrogen) atoms. The highest BCUT2D eigenvalue weighted by molar-refractivity contribution is 5.78. The van der Waals surface area contributed by atoms with Crippen LogP contribution in [0.3, 0.4) is 0 Å². The number of carbonyl (C=O) groups excluding carboxylic acids is 5. The van der Waals surface area contributed by atoms with Gasteiger partial charge in [-0.25, -0.2) is 0 Å². The molecule has 0 radical (unpaired) electrons. The summed E-state index contributed by atoms with van der Waals surface area (Å²) in [6.07, 6.45) is -6.25. The van der Waals surface area contributed by atoms with Crippen LogP contribution in [-0.2, 0) is 52.5 Å². The molecule has 2 N–H and O–H groups in total. The van der Waals surface area contributed by atoms with Gasteiger partial charge in [-0.05, 0) is 34.1 Å². The highest BCUT2D eigenvalue weighted by Gasteiger charge is 2.59. The summed E-state index contributed by atoms with van der Waals surface area (Å²) >= 11 is 0. The predicted molar refractivity (Wildman–Crippen MR) is 120 cm³/mol. The number of hydrogen-bond donors (Lipinski definition) is 1. The standard InChI is InChI=1S/C23H36N2O11/c1-11(26)31-10-16-17(32-12(2)27)18(33-13(3)28)19(34-14(4)29)21(35-16)36-25-22(5,6)9-15(20(24)30)23(25,7)8/h15-19,21H,9-10H2,1-8H3,(H2,24,30)/t15?,16-,17+,18+,19-,21+/m1/s1. The van der Waals surface area contributed by atoms with E-state index in [0.29, 0.717) is 6.42 Å². The Morgan fingerprint density at radius 2 is 1.33 bits per heavy atom. The average Bonchev–Trinajstić information content (AvgIpc) is 2.89. The molecular weight excluding hydrogens is 480 g/mol. The summed E-state index contributed by atoms with van der Waals surface area (Å²) in [6.45, 7) is 11.4. The second kappa shape index (κ2) is 11.1. The maximum absolute atomic E-state index is 12.2. The lowest BCUT2D eigenvalue weighted by molar-refractivity contribution is -0.388. The fourth-order valence-corrected chi connectivity index (χ4v) is 4.86. The van der Waals surface area contributed by atoms with Gasteiger partial charge in [-0.1, -0.05) is 0 Å². The van der Waals surface area contributed by atoms with Crippen LogP contribution < -0.4 is 5.73 Å². The van der Waals surface area contributed by atoms with E-state index in [1.54, 1.807) is 13.8 Å². The molecule has 6 atom stereocenters. The van der Waals surface area contributed by atoms with E-state index in [9.17, 15) is 24.0 Å². The lowest BCUT2D eigenvalue weighted by atomic mass is 9.86. The van der Waals surface area contributed by atoms with Crippen molar-refractivity contribution in [3.8, 4) is 0 Å². The van der Waals surface area contributed by atoms with Gasteiger partial charge in [0.15, 0.2) is 18.3 Å². The van der Waals surface area contributed by atoms with Crippen LogP contribution in [0.2, 0.25) is 0 Å². The van der Waals surface area contributed by atoms with E-state index in [0.717, 1.165) is 20.8 Å². The van der Waals surface area contributed by atoms with Gasteiger partial charge in [0.05, 0.1) is 11.5 Å². The fraction of sp³-hybridized carbons (Fsp3) is 0.783. The number of nitrogens with two attached hydrogens (primary N) is 1. The molecule has 0 aromatic heterocycles. The van der Waals surface area contributed by atoms with Crippen LogP contribution in [0.15, 0.2) is 0 Å². The van der Waals surface area contributed by atoms with Crippen LogP contribution >= 0.6 is 0 Å². The van der Waals surface area contributed by atoms with Crippen molar-refractivity contribution < 1.29 is 52.5 Å². The van der Waals surface area contributed by atoms with E-state index in [-0.39, 0.29) is 6.61 Å². The van der Waals surface area contributed by atoms with E-state index in [2.05, 4.69) is 0 Å². The molecule has 13 nitrogen and oxygen atoms in total. The molecular formula is C23H36N2O11. The number of amides is 1. The summed E-state index contributed by atoms with van der Waals surface area (Å²) < 4.78 is 27.3. The molecule has 2 fully saturated rings. The van der Waals surface area contributed by atoms with Gasteiger partial charge in [0.1, 0.15) is 12.7 Å². The third kappa shape index (κ3) is 6.71. The first-order valence-corrected chi connectivity index (χ1v) is 11.5. The Balaban J connectivity index is 2.54. The van der Waals surface area contributed by atoms with Crippen molar-refractivity contribution in [1.82, 2.24) is 5.06 Å². The van der Waals surface area contributed by atoms with Crippen LogP contribution in [0.5, 0.6) is 0 Å². The summed E-state index contributed by atoms with van der Waals surface area (Å²) in [6, 6.07) is 0. The maximum Gasteiger partial charge on any atom is 0.303 e. The highest BCUT2D eigenvalue weighted by Crippen LogP contribution is 2.46. The van der Waals surface area contributed by atoms with Crippen LogP contribution in [0.25, 0.3) is 0 Å². The summed E-state index contributed by atoms with van der Waals surface area (Å²) in [5.41, 5.74) is 4.01. The number of ether oxygens (including phenoxy) is 5. The Kier molecular flexibility index (Phi) is 9.08. The molecule has 0 aromatic carbocycles. The number of esters is 4. The second-order valence-corrected chi connectivity index (χ2v) is 10.1. The van der Waals surface area contributed by atoms with Crippen molar-refractivity contribution in [2.24, 2.45) is 11.7 Å². The van der Waals surface area contributed by atoms with E-state index in [1.807, 2.05) is 13.8 Å². The first-order valence-electron chi connectivity index (χ1n) is 11.5. The number of hydrogen-bond acceptors (Lipinski definition) is 12. The zero-order valence-electron chi connectivity index (χ0n) is 21.9. The number of hydroxylamine groups is 2. The minimum Gasteiger partial charge on any atom is -0.463 e. The Hall–Kier alpha value is -2.77. The molecule has 0 spiro atoms.